The van der Waals surface area contributed by atoms with Gasteiger partial charge >= 0.3 is 0 Å². The van der Waals surface area contributed by atoms with Crippen LogP contribution in [0.4, 0.5) is 0 Å². The van der Waals surface area contributed by atoms with Crippen molar-refractivity contribution < 1.29 is 9.90 Å². The van der Waals surface area contributed by atoms with Crippen LogP contribution in [0.15, 0.2) is 109 Å². The summed E-state index contributed by atoms with van der Waals surface area (Å²) in [4.78, 5) is 22.1. The first-order valence-electron chi connectivity index (χ1n) is 10.4. The number of benzene rings is 3. The van der Waals surface area contributed by atoms with E-state index in [-0.39, 0.29) is 11.7 Å². The van der Waals surface area contributed by atoms with E-state index >= 15 is 0 Å². The molecule has 5 rings (SSSR count). The van der Waals surface area contributed by atoms with E-state index < -0.39 is 0 Å². The molecule has 1 amide bonds. The van der Waals surface area contributed by atoms with E-state index in [1.807, 2.05) is 60.7 Å². The van der Waals surface area contributed by atoms with Crippen LogP contribution < -0.4 is 5.43 Å². The molecule has 0 unspecified atom stereocenters. The van der Waals surface area contributed by atoms with Crippen LogP contribution in [0.3, 0.4) is 0 Å². The van der Waals surface area contributed by atoms with Crippen LogP contribution in [-0.2, 0) is 0 Å². The summed E-state index contributed by atoms with van der Waals surface area (Å²) in [5, 5.41) is 9.78. The first kappa shape index (κ1) is 20.2. The second kappa shape index (κ2) is 8.80. The Morgan fingerprint density at radius 2 is 1.33 bits per heavy atom. The molecule has 33 heavy (non-hydrogen) atoms. The molecule has 0 aliphatic carbocycles. The van der Waals surface area contributed by atoms with Crippen LogP contribution in [0.2, 0.25) is 0 Å². The average molecular weight is 432 g/mol. The van der Waals surface area contributed by atoms with Crippen LogP contribution in [-0.4, -0.2) is 25.7 Å². The van der Waals surface area contributed by atoms with E-state index in [1.165, 1.54) is 0 Å². The summed E-state index contributed by atoms with van der Waals surface area (Å²) in [5.41, 5.74) is 7.58. The lowest BCUT2D eigenvalue weighted by molar-refractivity contribution is 0.101. The maximum atomic E-state index is 13.2. The number of pyridine rings is 1. The highest BCUT2D eigenvalue weighted by Crippen LogP contribution is 2.35. The van der Waals surface area contributed by atoms with E-state index in [0.29, 0.717) is 11.4 Å². The molecule has 6 nitrogen and oxygen atoms in total. The number of aromatic hydroxyl groups is 1. The van der Waals surface area contributed by atoms with Gasteiger partial charge < -0.3 is 5.11 Å². The van der Waals surface area contributed by atoms with Gasteiger partial charge in [-0.1, -0.05) is 60.7 Å². The molecule has 6 heteroatoms. The van der Waals surface area contributed by atoms with Gasteiger partial charge in [-0.05, 0) is 36.4 Å². The highest BCUT2D eigenvalue weighted by molar-refractivity contribution is 6.01. The van der Waals surface area contributed by atoms with Crippen molar-refractivity contribution in [3.63, 3.8) is 0 Å². The number of hydrogen-bond acceptors (Lipinski definition) is 4. The number of carbonyl (C=O) groups excluding carboxylic acids is 1. The van der Waals surface area contributed by atoms with E-state index in [4.69, 9.17) is 4.98 Å². The zero-order valence-electron chi connectivity index (χ0n) is 17.6. The summed E-state index contributed by atoms with van der Waals surface area (Å²) in [5.74, 6) is 0.422. The molecule has 5 aromatic rings. The fourth-order valence-electron chi connectivity index (χ4n) is 3.66. The molecule has 0 saturated carbocycles. The van der Waals surface area contributed by atoms with Gasteiger partial charge in [0.2, 0.25) is 0 Å². The minimum absolute atomic E-state index is 0.157. The molecule has 0 aliphatic rings. The Morgan fingerprint density at radius 1 is 0.727 bits per heavy atom. The number of amides is 1. The number of imidazole rings is 1. The number of rotatable bonds is 5. The standard InChI is InChI=1S/C27H20N4O2/c32-23-13-11-21(12-14-23)26-29-24(19-7-3-1-4-8-19)25(20-9-5-2-6-10-20)31(26)30-27(33)22-15-17-28-18-16-22/h1-18,32H,(H,30,33). The van der Waals surface area contributed by atoms with Crippen LogP contribution in [0.1, 0.15) is 10.4 Å². The molecule has 2 aromatic heterocycles. The third kappa shape index (κ3) is 4.09. The summed E-state index contributed by atoms with van der Waals surface area (Å²) >= 11 is 0. The lowest BCUT2D eigenvalue weighted by Crippen LogP contribution is -2.24. The molecule has 0 radical (unpaired) electrons. The highest BCUT2D eigenvalue weighted by atomic mass is 16.3. The third-order valence-corrected chi connectivity index (χ3v) is 5.25. The number of hydrogen-bond donors (Lipinski definition) is 2. The number of phenolic OH excluding ortho intramolecular Hbond substituents is 1. The molecule has 0 spiro atoms. The van der Waals surface area contributed by atoms with Crippen molar-refractivity contribution in [1.29, 1.82) is 0 Å². The molecule has 2 N–H and O–H groups in total. The minimum Gasteiger partial charge on any atom is -0.508 e. The SMILES string of the molecule is O=C(Nn1c(-c2ccc(O)cc2)nc(-c2ccccc2)c1-c1ccccc1)c1ccncc1. The highest BCUT2D eigenvalue weighted by Gasteiger charge is 2.23. The molecular formula is C27H20N4O2. The van der Waals surface area contributed by atoms with E-state index in [2.05, 4.69) is 10.4 Å². The van der Waals surface area contributed by atoms with Gasteiger partial charge in [-0.15, -0.1) is 0 Å². The van der Waals surface area contributed by atoms with Crippen molar-refractivity contribution in [3.05, 3.63) is 115 Å². The van der Waals surface area contributed by atoms with Gasteiger partial charge in [-0.3, -0.25) is 15.2 Å². The Labute approximate surface area is 190 Å². The zero-order valence-corrected chi connectivity index (χ0v) is 17.6. The minimum atomic E-state index is -0.286. The Bertz CT molecular complexity index is 1380. The summed E-state index contributed by atoms with van der Waals surface area (Å²) < 4.78 is 1.72. The molecule has 160 valence electrons. The molecule has 3 aromatic carbocycles. The normalized spacial score (nSPS) is 10.7. The van der Waals surface area contributed by atoms with Crippen molar-refractivity contribution in [2.75, 3.05) is 5.43 Å². The zero-order chi connectivity index (χ0) is 22.6. The Morgan fingerprint density at radius 3 is 1.97 bits per heavy atom. The van der Waals surface area contributed by atoms with Crippen LogP contribution >= 0.6 is 0 Å². The predicted octanol–water partition coefficient (Wildman–Crippen LogP) is 5.37. The van der Waals surface area contributed by atoms with Gasteiger partial charge in [0.1, 0.15) is 5.75 Å². The largest absolute Gasteiger partial charge is 0.508 e. The van der Waals surface area contributed by atoms with Crippen LogP contribution in [0.25, 0.3) is 33.9 Å². The first-order chi connectivity index (χ1) is 16.2. The number of nitrogens with zero attached hydrogens (tertiary/aromatic N) is 3. The fraction of sp³-hybridized carbons (Fsp3) is 0. The quantitative estimate of drug-likeness (QED) is 0.391. The van der Waals surface area contributed by atoms with Crippen molar-refractivity contribution in [2.45, 2.75) is 0 Å². The maximum Gasteiger partial charge on any atom is 0.270 e. The molecule has 0 bridgehead atoms. The first-order valence-corrected chi connectivity index (χ1v) is 10.4. The summed E-state index contributed by atoms with van der Waals surface area (Å²) in [6, 6.07) is 29.7. The number of carbonyl (C=O) groups is 1. The van der Waals surface area contributed by atoms with Crippen molar-refractivity contribution in [1.82, 2.24) is 14.6 Å². The van der Waals surface area contributed by atoms with Crippen LogP contribution in [0, 0.1) is 0 Å². The summed E-state index contributed by atoms with van der Waals surface area (Å²) in [7, 11) is 0. The Kier molecular flexibility index (Phi) is 5.39. The molecule has 0 fully saturated rings. The molecule has 0 saturated heterocycles. The van der Waals surface area contributed by atoms with Gasteiger partial charge in [0.25, 0.3) is 5.91 Å². The Hall–Kier alpha value is -4.71. The van der Waals surface area contributed by atoms with Crippen molar-refractivity contribution >= 4 is 5.91 Å². The topological polar surface area (TPSA) is 80.0 Å². The number of nitrogens with one attached hydrogen (secondary N) is 1. The van der Waals surface area contributed by atoms with E-state index in [0.717, 1.165) is 28.1 Å². The molecule has 2 heterocycles. The maximum absolute atomic E-state index is 13.2. The second-order valence-electron chi connectivity index (χ2n) is 7.42. The Balaban J connectivity index is 1.75. The fourth-order valence-corrected chi connectivity index (χ4v) is 3.66. The monoisotopic (exact) mass is 432 g/mol. The van der Waals surface area contributed by atoms with Gasteiger partial charge in [0, 0.05) is 34.6 Å². The lowest BCUT2D eigenvalue weighted by Gasteiger charge is -2.14. The predicted molar refractivity (Wildman–Crippen MR) is 128 cm³/mol. The second-order valence-corrected chi connectivity index (χ2v) is 7.42. The van der Waals surface area contributed by atoms with Gasteiger partial charge in [-0.2, -0.15) is 0 Å². The molecule has 0 aliphatic heterocycles. The van der Waals surface area contributed by atoms with Crippen molar-refractivity contribution in [2.24, 2.45) is 0 Å². The lowest BCUT2D eigenvalue weighted by atomic mass is 10.1. The average Bonchev–Trinajstić information content (AvgIpc) is 3.25. The molecular weight excluding hydrogens is 412 g/mol. The van der Waals surface area contributed by atoms with E-state index in [9.17, 15) is 9.90 Å². The van der Waals surface area contributed by atoms with E-state index in [1.54, 1.807) is 53.5 Å². The summed E-state index contributed by atoms with van der Waals surface area (Å²) in [6.45, 7) is 0. The van der Waals surface area contributed by atoms with Gasteiger partial charge in [-0.25, -0.2) is 9.66 Å². The number of aromatic nitrogens is 3. The summed E-state index contributed by atoms with van der Waals surface area (Å²) in [6.07, 6.45) is 3.16. The van der Waals surface area contributed by atoms with Gasteiger partial charge in [0.15, 0.2) is 5.82 Å². The van der Waals surface area contributed by atoms with Gasteiger partial charge in [0.05, 0.1) is 11.4 Å². The van der Waals surface area contributed by atoms with Crippen LogP contribution in [0.5, 0.6) is 5.75 Å². The smallest absolute Gasteiger partial charge is 0.270 e. The molecule has 0 atom stereocenters. The number of phenols is 1. The third-order valence-electron chi connectivity index (χ3n) is 5.25. The van der Waals surface area contributed by atoms with Crippen molar-refractivity contribution in [3.8, 4) is 39.7 Å².